The summed E-state index contributed by atoms with van der Waals surface area (Å²) in [6, 6.07) is 0. The van der Waals surface area contributed by atoms with Crippen LogP contribution >= 0.6 is 0 Å². The molecule has 0 spiro atoms. The molecule has 0 radical (unpaired) electrons. The number of rotatable bonds is 32. The van der Waals surface area contributed by atoms with E-state index < -0.39 is 6.10 Å². The van der Waals surface area contributed by atoms with Gasteiger partial charge in [-0.2, -0.15) is 0 Å². The lowest BCUT2D eigenvalue weighted by molar-refractivity contribution is -0.167. The summed E-state index contributed by atoms with van der Waals surface area (Å²) in [5, 5.41) is 0. The van der Waals surface area contributed by atoms with Gasteiger partial charge in [-0.15, -0.1) is 0 Å². The normalized spacial score (nSPS) is 12.1. The lowest BCUT2D eigenvalue weighted by Crippen LogP contribution is -2.30. The molecular weight excluding hydrogens is 552 g/mol. The van der Waals surface area contributed by atoms with Crippen LogP contribution in [0, 0.1) is 11.8 Å². The van der Waals surface area contributed by atoms with Gasteiger partial charge in [0.05, 0.1) is 0 Å². The second kappa shape index (κ2) is 31.4. The molecule has 1 atom stereocenters. The van der Waals surface area contributed by atoms with Crippen molar-refractivity contribution in [3.05, 3.63) is 0 Å². The van der Waals surface area contributed by atoms with Crippen LogP contribution < -0.4 is 0 Å². The molecule has 0 heterocycles. The van der Waals surface area contributed by atoms with Crippen molar-refractivity contribution in [3.63, 3.8) is 0 Å². The molecule has 0 aromatic heterocycles. The van der Waals surface area contributed by atoms with Gasteiger partial charge in [-0.05, 0) is 31.1 Å². The van der Waals surface area contributed by atoms with E-state index in [1.165, 1.54) is 77.0 Å². The van der Waals surface area contributed by atoms with Gasteiger partial charge in [0.25, 0.3) is 0 Å². The quantitative estimate of drug-likeness (QED) is 0.0421. The van der Waals surface area contributed by atoms with E-state index in [4.69, 9.17) is 14.2 Å². The van der Waals surface area contributed by atoms with E-state index in [1.807, 2.05) is 0 Å². The minimum atomic E-state index is -0.757. The third kappa shape index (κ3) is 31.8. The Balaban J connectivity index is 4.26. The second-order valence-corrected chi connectivity index (χ2v) is 13.8. The Labute approximate surface area is 272 Å². The van der Waals surface area contributed by atoms with Crippen LogP contribution in [0.15, 0.2) is 0 Å². The van der Waals surface area contributed by atoms with Crippen molar-refractivity contribution in [3.8, 4) is 0 Å². The Hall–Kier alpha value is -1.59. The molecular formula is C38H72O6. The Morgan fingerprint density at radius 2 is 0.750 bits per heavy atom. The first kappa shape index (κ1) is 42.4. The molecule has 6 nitrogen and oxygen atoms in total. The van der Waals surface area contributed by atoms with E-state index in [0.29, 0.717) is 19.3 Å². The van der Waals surface area contributed by atoms with E-state index in [9.17, 15) is 14.4 Å². The number of hydrogen-bond donors (Lipinski definition) is 0. The van der Waals surface area contributed by atoms with E-state index in [-0.39, 0.29) is 31.1 Å². The van der Waals surface area contributed by atoms with E-state index >= 15 is 0 Å². The zero-order valence-electron chi connectivity index (χ0n) is 29.8. The Kier molecular flexibility index (Phi) is 30.3. The van der Waals surface area contributed by atoms with Crippen LogP contribution in [-0.4, -0.2) is 37.2 Å². The van der Waals surface area contributed by atoms with Gasteiger partial charge in [-0.3, -0.25) is 14.4 Å². The van der Waals surface area contributed by atoms with Crippen LogP contribution in [-0.2, 0) is 28.6 Å². The molecule has 0 aromatic rings. The standard InChI is InChI=1S/C38H72O6/c1-6-7-8-16-25-30-38(41)44-35(32-43-37(40)29-24-20-15-11-13-18-22-27-34(4)5)31-42-36(39)28-23-19-14-10-9-12-17-21-26-33(2)3/h33-35H,6-32H2,1-5H3/t35-/m1/s1. The van der Waals surface area contributed by atoms with Crippen molar-refractivity contribution in [1.29, 1.82) is 0 Å². The van der Waals surface area contributed by atoms with Crippen molar-refractivity contribution in [1.82, 2.24) is 0 Å². The number of esters is 3. The molecule has 0 bridgehead atoms. The summed E-state index contributed by atoms with van der Waals surface area (Å²) < 4.78 is 16.5. The van der Waals surface area contributed by atoms with E-state index in [0.717, 1.165) is 76.0 Å². The first-order chi connectivity index (χ1) is 21.2. The van der Waals surface area contributed by atoms with E-state index in [2.05, 4.69) is 34.6 Å². The maximum absolute atomic E-state index is 12.4. The fraction of sp³-hybridized carbons (Fsp3) is 0.921. The average Bonchev–Trinajstić information content (AvgIpc) is 2.98. The third-order valence-electron chi connectivity index (χ3n) is 8.22. The molecule has 0 aromatic carbocycles. The lowest BCUT2D eigenvalue weighted by atomic mass is 10.0. The monoisotopic (exact) mass is 625 g/mol. The SMILES string of the molecule is CCCCCCCC(=O)O[C@H](COC(=O)CCCCCCCCCCC(C)C)COC(=O)CCCCCCCCCC(C)C. The van der Waals surface area contributed by atoms with Crippen molar-refractivity contribution in [2.75, 3.05) is 13.2 Å². The van der Waals surface area contributed by atoms with Gasteiger partial charge in [0, 0.05) is 19.3 Å². The number of ether oxygens (including phenoxy) is 3. The van der Waals surface area contributed by atoms with Crippen LogP contribution in [0.2, 0.25) is 0 Å². The molecule has 260 valence electrons. The van der Waals surface area contributed by atoms with Crippen LogP contribution in [0.5, 0.6) is 0 Å². The molecule has 0 aliphatic rings. The summed E-state index contributed by atoms with van der Waals surface area (Å²) in [4.78, 5) is 37.1. The number of hydrogen-bond acceptors (Lipinski definition) is 6. The topological polar surface area (TPSA) is 78.9 Å². The first-order valence-electron chi connectivity index (χ1n) is 18.7. The molecule has 0 N–H and O–H groups in total. The molecule has 0 unspecified atom stereocenters. The van der Waals surface area contributed by atoms with Crippen molar-refractivity contribution < 1.29 is 28.6 Å². The molecule has 44 heavy (non-hydrogen) atoms. The number of unbranched alkanes of at least 4 members (excludes halogenated alkanes) is 17. The summed E-state index contributed by atoms with van der Waals surface area (Å²) in [7, 11) is 0. The van der Waals surface area contributed by atoms with Gasteiger partial charge in [0.15, 0.2) is 6.10 Å². The maximum atomic E-state index is 12.4. The highest BCUT2D eigenvalue weighted by Gasteiger charge is 2.19. The van der Waals surface area contributed by atoms with Gasteiger partial charge in [-0.25, -0.2) is 0 Å². The fourth-order valence-electron chi connectivity index (χ4n) is 5.34. The van der Waals surface area contributed by atoms with Gasteiger partial charge >= 0.3 is 17.9 Å². The van der Waals surface area contributed by atoms with Gasteiger partial charge in [-0.1, -0.05) is 157 Å². The van der Waals surface area contributed by atoms with Crippen LogP contribution in [0.25, 0.3) is 0 Å². The summed E-state index contributed by atoms with van der Waals surface area (Å²) in [5.74, 6) is 0.691. The molecule has 0 rings (SSSR count). The number of carbonyl (C=O) groups excluding carboxylic acids is 3. The van der Waals surface area contributed by atoms with Gasteiger partial charge < -0.3 is 14.2 Å². The highest BCUT2D eigenvalue weighted by Crippen LogP contribution is 2.15. The van der Waals surface area contributed by atoms with Crippen LogP contribution in [0.3, 0.4) is 0 Å². The molecule has 6 heteroatoms. The molecule has 0 aliphatic heterocycles. The van der Waals surface area contributed by atoms with Crippen molar-refractivity contribution in [2.45, 2.75) is 201 Å². The minimum absolute atomic E-state index is 0.0686. The zero-order valence-corrected chi connectivity index (χ0v) is 29.8. The predicted molar refractivity (Wildman–Crippen MR) is 183 cm³/mol. The fourth-order valence-corrected chi connectivity index (χ4v) is 5.34. The zero-order chi connectivity index (χ0) is 32.7. The Morgan fingerprint density at radius 3 is 1.11 bits per heavy atom. The van der Waals surface area contributed by atoms with Crippen molar-refractivity contribution >= 4 is 17.9 Å². The summed E-state index contributed by atoms with van der Waals surface area (Å²) in [5.41, 5.74) is 0. The minimum Gasteiger partial charge on any atom is -0.462 e. The molecule has 0 saturated heterocycles. The van der Waals surface area contributed by atoms with Gasteiger partial charge in [0.1, 0.15) is 13.2 Å². The Bertz CT molecular complexity index is 674. The summed E-state index contributed by atoms with van der Waals surface area (Å²) in [6.07, 6.45) is 25.6. The highest BCUT2D eigenvalue weighted by atomic mass is 16.6. The van der Waals surface area contributed by atoms with E-state index in [1.54, 1.807) is 0 Å². The second-order valence-electron chi connectivity index (χ2n) is 13.8. The molecule has 0 saturated carbocycles. The van der Waals surface area contributed by atoms with Crippen LogP contribution in [0.4, 0.5) is 0 Å². The summed E-state index contributed by atoms with van der Waals surface area (Å²) >= 11 is 0. The smallest absolute Gasteiger partial charge is 0.306 e. The predicted octanol–water partition coefficient (Wildman–Crippen LogP) is 11.1. The highest BCUT2D eigenvalue weighted by molar-refractivity contribution is 5.71. The number of carbonyl (C=O) groups is 3. The van der Waals surface area contributed by atoms with Gasteiger partial charge in [0.2, 0.25) is 0 Å². The molecule has 0 aliphatic carbocycles. The molecule has 0 fully saturated rings. The largest absolute Gasteiger partial charge is 0.462 e. The summed E-state index contributed by atoms with van der Waals surface area (Å²) in [6.45, 7) is 11.1. The molecule has 0 amide bonds. The first-order valence-corrected chi connectivity index (χ1v) is 18.7. The van der Waals surface area contributed by atoms with Crippen molar-refractivity contribution in [2.24, 2.45) is 11.8 Å². The van der Waals surface area contributed by atoms with Crippen LogP contribution in [0.1, 0.15) is 195 Å². The maximum Gasteiger partial charge on any atom is 0.306 e. The lowest BCUT2D eigenvalue weighted by Gasteiger charge is -2.18. The Morgan fingerprint density at radius 1 is 0.432 bits per heavy atom. The third-order valence-corrected chi connectivity index (χ3v) is 8.22. The average molecular weight is 625 g/mol.